The molecule has 1 N–H and O–H groups in total. The highest BCUT2D eigenvalue weighted by Crippen LogP contribution is 2.37. The molecule has 1 atom stereocenters. The molecule has 2 aliphatic heterocycles. The van der Waals surface area contributed by atoms with Crippen LogP contribution in [0.5, 0.6) is 11.5 Å². The zero-order valence-corrected chi connectivity index (χ0v) is 15.4. The number of urea groups is 1. The number of hydrogen-bond donors (Lipinski definition) is 1. The third-order valence-electron chi connectivity index (χ3n) is 5.07. The standard InChI is InChI=1S/C21H19N3O4/c1-21(16-7-8-17-18(11-16)28-10-4-9-27-17)19(25)24(20(26)23-21)13-15-6-3-2-5-14(15)12-22/h2-3,5-8,11H,4,9-10,13H2,1H3,(H,23,26). The van der Waals surface area contributed by atoms with Gasteiger partial charge in [0, 0.05) is 6.42 Å². The predicted molar refractivity (Wildman–Crippen MR) is 99.6 cm³/mol. The number of carbonyl (C=O) groups is 2. The number of nitrogens with one attached hydrogen (secondary N) is 1. The minimum absolute atomic E-state index is 0.0363. The van der Waals surface area contributed by atoms with Gasteiger partial charge in [-0.05, 0) is 36.2 Å². The van der Waals surface area contributed by atoms with E-state index in [2.05, 4.69) is 11.4 Å². The fourth-order valence-electron chi connectivity index (χ4n) is 3.45. The molecule has 1 fully saturated rings. The number of rotatable bonds is 3. The zero-order valence-electron chi connectivity index (χ0n) is 15.4. The number of hydrogen-bond acceptors (Lipinski definition) is 5. The second kappa shape index (κ2) is 6.89. The van der Waals surface area contributed by atoms with Gasteiger partial charge in [0.2, 0.25) is 0 Å². The number of benzene rings is 2. The lowest BCUT2D eigenvalue weighted by atomic mass is 9.91. The fourth-order valence-corrected chi connectivity index (χ4v) is 3.45. The fraction of sp³-hybridized carbons (Fsp3) is 0.286. The Morgan fingerprint density at radius 1 is 1.14 bits per heavy atom. The van der Waals surface area contributed by atoms with Crippen LogP contribution in [0.1, 0.15) is 30.0 Å². The van der Waals surface area contributed by atoms with Crippen molar-refractivity contribution in [3.8, 4) is 17.6 Å². The van der Waals surface area contributed by atoms with Gasteiger partial charge in [0.1, 0.15) is 5.54 Å². The normalized spacial score (nSPS) is 21.1. The number of amides is 3. The Kier molecular flexibility index (Phi) is 4.40. The topological polar surface area (TPSA) is 91.7 Å². The summed E-state index contributed by atoms with van der Waals surface area (Å²) in [7, 11) is 0. The first kappa shape index (κ1) is 17.9. The van der Waals surface area contributed by atoms with Crippen LogP contribution in [0.4, 0.5) is 4.79 Å². The van der Waals surface area contributed by atoms with Crippen molar-refractivity contribution < 1.29 is 19.1 Å². The molecule has 2 aromatic rings. The van der Waals surface area contributed by atoms with Crippen molar-refractivity contribution in [3.05, 3.63) is 59.2 Å². The van der Waals surface area contributed by atoms with Crippen molar-refractivity contribution in [2.45, 2.75) is 25.4 Å². The van der Waals surface area contributed by atoms with Crippen LogP contribution in [-0.2, 0) is 16.9 Å². The van der Waals surface area contributed by atoms with Gasteiger partial charge in [0.15, 0.2) is 11.5 Å². The summed E-state index contributed by atoms with van der Waals surface area (Å²) in [6.07, 6.45) is 0.781. The van der Waals surface area contributed by atoms with Gasteiger partial charge in [-0.15, -0.1) is 0 Å². The molecule has 0 radical (unpaired) electrons. The van der Waals surface area contributed by atoms with E-state index in [1.807, 2.05) is 0 Å². The second-order valence-electron chi connectivity index (χ2n) is 6.93. The second-order valence-corrected chi connectivity index (χ2v) is 6.93. The first-order valence-corrected chi connectivity index (χ1v) is 9.05. The summed E-state index contributed by atoms with van der Waals surface area (Å²) in [5, 5.41) is 12.0. The Morgan fingerprint density at radius 3 is 2.68 bits per heavy atom. The van der Waals surface area contributed by atoms with E-state index >= 15 is 0 Å². The molecule has 1 saturated heterocycles. The van der Waals surface area contributed by atoms with Crippen LogP contribution in [0, 0.1) is 11.3 Å². The van der Waals surface area contributed by atoms with Gasteiger partial charge < -0.3 is 14.8 Å². The monoisotopic (exact) mass is 377 g/mol. The molecule has 2 aromatic carbocycles. The summed E-state index contributed by atoms with van der Waals surface area (Å²) in [4.78, 5) is 26.9. The van der Waals surface area contributed by atoms with Gasteiger partial charge >= 0.3 is 6.03 Å². The average Bonchev–Trinajstić information content (AvgIpc) is 2.87. The molecule has 0 spiro atoms. The van der Waals surface area contributed by atoms with Crippen molar-refractivity contribution in [1.82, 2.24) is 10.2 Å². The molecule has 4 rings (SSSR count). The molecule has 142 valence electrons. The van der Waals surface area contributed by atoms with E-state index in [1.165, 1.54) is 0 Å². The number of imide groups is 1. The molecule has 0 aromatic heterocycles. The highest BCUT2D eigenvalue weighted by Gasteiger charge is 2.49. The van der Waals surface area contributed by atoms with Gasteiger partial charge in [-0.2, -0.15) is 5.26 Å². The Hall–Kier alpha value is -3.53. The van der Waals surface area contributed by atoms with Gasteiger partial charge in [0.05, 0.1) is 31.4 Å². The summed E-state index contributed by atoms with van der Waals surface area (Å²) < 4.78 is 11.3. The molecule has 2 aliphatic rings. The third kappa shape index (κ3) is 2.93. The maximum absolute atomic E-state index is 13.2. The maximum Gasteiger partial charge on any atom is 0.325 e. The van der Waals surface area contributed by atoms with E-state index in [-0.39, 0.29) is 12.5 Å². The van der Waals surface area contributed by atoms with Gasteiger partial charge in [0.25, 0.3) is 5.91 Å². The Labute approximate surface area is 162 Å². The lowest BCUT2D eigenvalue weighted by molar-refractivity contribution is -0.131. The Morgan fingerprint density at radius 2 is 1.89 bits per heavy atom. The Balaban J connectivity index is 1.64. The van der Waals surface area contributed by atoms with Gasteiger partial charge in [-0.1, -0.05) is 24.3 Å². The van der Waals surface area contributed by atoms with E-state index in [4.69, 9.17) is 9.47 Å². The van der Waals surface area contributed by atoms with Gasteiger partial charge in [-0.25, -0.2) is 4.79 Å². The molecule has 7 nitrogen and oxygen atoms in total. The van der Waals surface area contributed by atoms with Crippen LogP contribution in [0.2, 0.25) is 0 Å². The molecule has 1 unspecified atom stereocenters. The van der Waals surface area contributed by atoms with Crippen molar-refractivity contribution in [2.75, 3.05) is 13.2 Å². The lowest BCUT2D eigenvalue weighted by Crippen LogP contribution is -2.40. The summed E-state index contributed by atoms with van der Waals surface area (Å²) >= 11 is 0. The Bertz CT molecular complexity index is 997. The molecule has 2 heterocycles. The van der Waals surface area contributed by atoms with E-state index in [1.54, 1.807) is 49.4 Å². The van der Waals surface area contributed by atoms with Crippen LogP contribution in [-0.4, -0.2) is 30.1 Å². The van der Waals surface area contributed by atoms with E-state index in [0.29, 0.717) is 41.4 Å². The molecule has 0 aliphatic carbocycles. The minimum atomic E-state index is -1.22. The zero-order chi connectivity index (χ0) is 19.7. The molecule has 3 amide bonds. The van der Waals surface area contributed by atoms with Crippen LogP contribution in [0.15, 0.2) is 42.5 Å². The summed E-state index contributed by atoms with van der Waals surface area (Å²) in [6, 6.07) is 13.8. The molecular weight excluding hydrogens is 358 g/mol. The third-order valence-corrected chi connectivity index (χ3v) is 5.07. The van der Waals surface area contributed by atoms with E-state index in [9.17, 15) is 14.9 Å². The first-order valence-electron chi connectivity index (χ1n) is 9.05. The lowest BCUT2D eigenvalue weighted by Gasteiger charge is -2.23. The number of carbonyl (C=O) groups excluding carboxylic acids is 2. The number of nitrogens with zero attached hydrogens (tertiary/aromatic N) is 2. The van der Waals surface area contributed by atoms with Crippen LogP contribution >= 0.6 is 0 Å². The van der Waals surface area contributed by atoms with Crippen LogP contribution < -0.4 is 14.8 Å². The predicted octanol–water partition coefficient (Wildman–Crippen LogP) is 2.69. The van der Waals surface area contributed by atoms with Crippen molar-refractivity contribution in [2.24, 2.45) is 0 Å². The number of nitriles is 1. The maximum atomic E-state index is 13.2. The largest absolute Gasteiger partial charge is 0.490 e. The highest BCUT2D eigenvalue weighted by molar-refractivity contribution is 6.07. The van der Waals surface area contributed by atoms with Crippen molar-refractivity contribution >= 4 is 11.9 Å². The van der Waals surface area contributed by atoms with Crippen LogP contribution in [0.3, 0.4) is 0 Å². The van der Waals surface area contributed by atoms with E-state index in [0.717, 1.165) is 11.3 Å². The SMILES string of the molecule is CC1(c2ccc3c(c2)OCCCO3)NC(=O)N(Cc2ccccc2C#N)C1=O. The summed E-state index contributed by atoms with van der Waals surface area (Å²) in [5.41, 5.74) is 0.457. The minimum Gasteiger partial charge on any atom is -0.490 e. The van der Waals surface area contributed by atoms with E-state index < -0.39 is 11.6 Å². The number of ether oxygens (including phenoxy) is 2. The van der Waals surface area contributed by atoms with Crippen LogP contribution in [0.25, 0.3) is 0 Å². The quantitative estimate of drug-likeness (QED) is 0.831. The van der Waals surface area contributed by atoms with Crippen molar-refractivity contribution in [1.29, 1.82) is 5.26 Å². The molecule has 0 saturated carbocycles. The first-order chi connectivity index (χ1) is 13.5. The van der Waals surface area contributed by atoms with Crippen molar-refractivity contribution in [3.63, 3.8) is 0 Å². The summed E-state index contributed by atoms with van der Waals surface area (Å²) in [6.45, 7) is 2.81. The number of fused-ring (bicyclic) bond motifs is 1. The average molecular weight is 377 g/mol. The smallest absolute Gasteiger partial charge is 0.325 e. The van der Waals surface area contributed by atoms with Gasteiger partial charge in [-0.3, -0.25) is 9.69 Å². The summed E-state index contributed by atoms with van der Waals surface area (Å²) in [5.74, 6) is 0.813. The highest BCUT2D eigenvalue weighted by atomic mass is 16.5. The molecule has 28 heavy (non-hydrogen) atoms. The molecular formula is C21H19N3O4. The molecule has 7 heteroatoms. The molecule has 0 bridgehead atoms.